The first-order valence-corrected chi connectivity index (χ1v) is 15.1. The van der Waals surface area contributed by atoms with Crippen LogP contribution in [0.5, 0.6) is 0 Å². The van der Waals surface area contributed by atoms with E-state index >= 15 is 0 Å². The van der Waals surface area contributed by atoms with Crippen LogP contribution in [0.25, 0.3) is 60.1 Å². The van der Waals surface area contributed by atoms with Crippen LogP contribution < -0.4 is 0 Å². The van der Waals surface area contributed by atoms with E-state index in [-0.39, 0.29) is 0 Å². The van der Waals surface area contributed by atoms with Gasteiger partial charge in [0.2, 0.25) is 0 Å². The van der Waals surface area contributed by atoms with Gasteiger partial charge in [-0.2, -0.15) is 0 Å². The minimum atomic E-state index is 0.672. The molecule has 0 unspecified atom stereocenters. The fourth-order valence-corrected chi connectivity index (χ4v) is 7.28. The van der Waals surface area contributed by atoms with E-state index in [1.165, 1.54) is 97.8 Å². The smallest absolute Gasteiger partial charge is 0.00201 e. The quantitative estimate of drug-likeness (QED) is 0.154. The molecule has 1 aliphatic carbocycles. The Morgan fingerprint density at radius 2 is 1.15 bits per heavy atom. The number of hydrogen-bond acceptors (Lipinski definition) is 0. The van der Waals surface area contributed by atoms with Gasteiger partial charge in [0.15, 0.2) is 0 Å². The summed E-state index contributed by atoms with van der Waals surface area (Å²) in [5, 5.41) is 7.99. The second-order valence-corrected chi connectivity index (χ2v) is 11.4. The average Bonchev–Trinajstić information content (AvgIpc) is 3.04. The summed E-state index contributed by atoms with van der Waals surface area (Å²) in [5.41, 5.74) is 9.10. The van der Waals surface area contributed by atoms with E-state index in [0.717, 1.165) is 5.57 Å². The standard InChI is InChI=1S/C41H36/c1-3-28(4-2)29-24-26-31(27-25-29)40-36-16-8-10-18-38(36)41(39-19-11-9-17-37(39)40)35-23-13-21-33-32(20-12-22-34(33)35)30-14-6-5-7-15-30/h3-4,8-13,16-27,30H,1,5-7,14-15H2,2H3/b28-4+. The van der Waals surface area contributed by atoms with E-state index in [0.29, 0.717) is 5.92 Å². The topological polar surface area (TPSA) is 0 Å². The minimum absolute atomic E-state index is 0.672. The molecule has 0 bridgehead atoms. The molecular weight excluding hydrogens is 492 g/mol. The molecular formula is C41H36. The number of fused-ring (bicyclic) bond motifs is 3. The Kier molecular flexibility index (Phi) is 6.77. The van der Waals surface area contributed by atoms with Gasteiger partial charge in [0.25, 0.3) is 0 Å². The molecule has 0 radical (unpaired) electrons. The summed E-state index contributed by atoms with van der Waals surface area (Å²) in [7, 11) is 0. The van der Waals surface area contributed by atoms with Gasteiger partial charge >= 0.3 is 0 Å². The van der Waals surface area contributed by atoms with Crippen molar-refractivity contribution in [2.24, 2.45) is 0 Å². The lowest BCUT2D eigenvalue weighted by Crippen LogP contribution is -2.05. The lowest BCUT2D eigenvalue weighted by atomic mass is 9.80. The van der Waals surface area contributed by atoms with E-state index in [1.807, 2.05) is 6.08 Å². The molecule has 0 atom stereocenters. The fraction of sp³-hybridized carbons (Fsp3) is 0.171. The van der Waals surface area contributed by atoms with Crippen molar-refractivity contribution in [1.82, 2.24) is 0 Å². The van der Waals surface area contributed by atoms with Crippen molar-refractivity contribution in [2.75, 3.05) is 0 Å². The van der Waals surface area contributed by atoms with Crippen LogP contribution in [0.3, 0.4) is 0 Å². The molecule has 1 fully saturated rings. The molecule has 0 spiro atoms. The first-order chi connectivity index (χ1) is 20.3. The molecule has 41 heavy (non-hydrogen) atoms. The van der Waals surface area contributed by atoms with Gasteiger partial charge in [-0.1, -0.05) is 147 Å². The van der Waals surface area contributed by atoms with E-state index in [1.54, 1.807) is 0 Å². The summed E-state index contributed by atoms with van der Waals surface area (Å²) < 4.78 is 0. The molecule has 0 aromatic heterocycles. The van der Waals surface area contributed by atoms with Gasteiger partial charge in [-0.25, -0.2) is 0 Å². The van der Waals surface area contributed by atoms with Gasteiger partial charge in [-0.3, -0.25) is 0 Å². The molecule has 1 aliphatic rings. The van der Waals surface area contributed by atoms with Crippen LogP contribution in [-0.2, 0) is 0 Å². The predicted octanol–water partition coefficient (Wildman–Crippen LogP) is 12.1. The maximum atomic E-state index is 3.99. The maximum Gasteiger partial charge on any atom is -0.00201 e. The van der Waals surface area contributed by atoms with Gasteiger partial charge in [-0.05, 0) is 97.0 Å². The molecule has 6 aromatic carbocycles. The minimum Gasteiger partial charge on any atom is -0.0985 e. The number of allylic oxidation sites excluding steroid dienone is 3. The van der Waals surface area contributed by atoms with Crippen molar-refractivity contribution in [3.8, 4) is 22.3 Å². The highest BCUT2D eigenvalue weighted by atomic mass is 14.2. The third kappa shape index (κ3) is 4.39. The van der Waals surface area contributed by atoms with E-state index in [2.05, 4.69) is 129 Å². The van der Waals surface area contributed by atoms with Crippen molar-refractivity contribution in [3.63, 3.8) is 0 Å². The SMILES string of the molecule is C=C/C(=C\C)c1ccc(-c2c3ccccc3c(-c3cccc4c(C5CCCCC5)cccc34)c3ccccc23)cc1. The highest BCUT2D eigenvalue weighted by Gasteiger charge is 2.21. The van der Waals surface area contributed by atoms with E-state index in [9.17, 15) is 0 Å². The van der Waals surface area contributed by atoms with Crippen molar-refractivity contribution in [2.45, 2.75) is 44.9 Å². The van der Waals surface area contributed by atoms with Crippen molar-refractivity contribution in [3.05, 3.63) is 139 Å². The van der Waals surface area contributed by atoms with E-state index in [4.69, 9.17) is 0 Å². The zero-order valence-electron chi connectivity index (χ0n) is 23.9. The van der Waals surface area contributed by atoms with Crippen LogP contribution >= 0.6 is 0 Å². The summed E-state index contributed by atoms with van der Waals surface area (Å²) in [6, 6.07) is 40.9. The predicted molar refractivity (Wildman–Crippen MR) is 180 cm³/mol. The fourth-order valence-electron chi connectivity index (χ4n) is 7.28. The highest BCUT2D eigenvalue weighted by Crippen LogP contribution is 2.46. The molecule has 0 heterocycles. The number of hydrogen-bond donors (Lipinski definition) is 0. The van der Waals surface area contributed by atoms with Crippen LogP contribution in [0.2, 0.25) is 0 Å². The average molecular weight is 529 g/mol. The van der Waals surface area contributed by atoms with Gasteiger partial charge in [0.1, 0.15) is 0 Å². The molecule has 0 nitrogen and oxygen atoms in total. The molecule has 1 saturated carbocycles. The normalized spacial score (nSPS) is 14.6. The van der Waals surface area contributed by atoms with Gasteiger partial charge in [0.05, 0.1) is 0 Å². The lowest BCUT2D eigenvalue weighted by Gasteiger charge is -2.24. The summed E-state index contributed by atoms with van der Waals surface area (Å²) >= 11 is 0. The summed E-state index contributed by atoms with van der Waals surface area (Å²) in [5.74, 6) is 0.672. The molecule has 0 heteroatoms. The molecule has 7 rings (SSSR count). The van der Waals surface area contributed by atoms with Crippen LogP contribution in [0.1, 0.15) is 56.1 Å². The first-order valence-electron chi connectivity index (χ1n) is 15.1. The molecule has 0 amide bonds. The highest BCUT2D eigenvalue weighted by molar-refractivity contribution is 6.23. The Balaban J connectivity index is 1.50. The Labute approximate surface area is 243 Å². The first kappa shape index (κ1) is 25.5. The zero-order chi connectivity index (χ0) is 27.8. The second kappa shape index (κ2) is 10.9. The number of benzene rings is 6. The Morgan fingerprint density at radius 3 is 1.76 bits per heavy atom. The second-order valence-electron chi connectivity index (χ2n) is 11.4. The Bertz CT molecular complexity index is 1870. The van der Waals surface area contributed by atoms with Crippen molar-refractivity contribution < 1.29 is 0 Å². The van der Waals surface area contributed by atoms with Crippen LogP contribution in [-0.4, -0.2) is 0 Å². The summed E-state index contributed by atoms with van der Waals surface area (Å²) in [6.07, 6.45) is 10.7. The summed E-state index contributed by atoms with van der Waals surface area (Å²) in [6.45, 7) is 6.06. The van der Waals surface area contributed by atoms with Crippen molar-refractivity contribution >= 4 is 37.9 Å². The largest absolute Gasteiger partial charge is 0.0985 e. The van der Waals surface area contributed by atoms with Gasteiger partial charge in [0, 0.05) is 0 Å². The maximum absolute atomic E-state index is 3.99. The zero-order valence-corrected chi connectivity index (χ0v) is 23.9. The molecule has 200 valence electrons. The van der Waals surface area contributed by atoms with Crippen molar-refractivity contribution in [1.29, 1.82) is 0 Å². The van der Waals surface area contributed by atoms with Crippen LogP contribution in [0.4, 0.5) is 0 Å². The molecule has 0 aliphatic heterocycles. The Hall–Kier alpha value is -4.42. The third-order valence-electron chi connectivity index (χ3n) is 9.24. The molecule has 0 N–H and O–H groups in total. The van der Waals surface area contributed by atoms with Gasteiger partial charge in [-0.15, -0.1) is 0 Å². The molecule has 6 aromatic rings. The number of rotatable bonds is 5. The van der Waals surface area contributed by atoms with E-state index < -0.39 is 0 Å². The van der Waals surface area contributed by atoms with Gasteiger partial charge < -0.3 is 0 Å². The monoisotopic (exact) mass is 528 g/mol. The summed E-state index contributed by atoms with van der Waals surface area (Å²) in [4.78, 5) is 0. The van der Waals surface area contributed by atoms with Crippen LogP contribution in [0.15, 0.2) is 128 Å². The third-order valence-corrected chi connectivity index (χ3v) is 9.24. The Morgan fingerprint density at radius 1 is 0.585 bits per heavy atom. The lowest BCUT2D eigenvalue weighted by molar-refractivity contribution is 0.445. The van der Waals surface area contributed by atoms with Crippen LogP contribution in [0, 0.1) is 0 Å². The molecule has 0 saturated heterocycles.